The van der Waals surface area contributed by atoms with Crippen molar-refractivity contribution in [3.05, 3.63) is 58.4 Å². The van der Waals surface area contributed by atoms with E-state index in [4.69, 9.17) is 22.1 Å². The molecule has 1 aliphatic heterocycles. The van der Waals surface area contributed by atoms with Crippen molar-refractivity contribution < 1.29 is 9.53 Å². The number of carbonyl (C=O) groups is 1. The number of rotatable bonds is 3. The molecule has 0 spiro atoms. The summed E-state index contributed by atoms with van der Waals surface area (Å²) in [6.45, 7) is 3.46. The van der Waals surface area contributed by atoms with Crippen LogP contribution < -0.4 is 5.73 Å². The number of amides is 1. The zero-order chi connectivity index (χ0) is 17.1. The largest absolute Gasteiger partial charge is 0.399 e. The molecule has 1 fully saturated rings. The number of hydrogen-bond donors (Lipinski definition) is 1. The van der Waals surface area contributed by atoms with E-state index in [2.05, 4.69) is 4.98 Å². The first kappa shape index (κ1) is 16.7. The molecule has 1 aliphatic rings. The Morgan fingerprint density at radius 2 is 2.12 bits per heavy atom. The lowest BCUT2D eigenvalue weighted by molar-refractivity contribution is -0.138. The van der Waals surface area contributed by atoms with Crippen molar-refractivity contribution in [3.63, 3.8) is 0 Å². The predicted molar refractivity (Wildman–Crippen MR) is 93.8 cm³/mol. The van der Waals surface area contributed by atoms with Gasteiger partial charge in [0.15, 0.2) is 0 Å². The van der Waals surface area contributed by atoms with E-state index in [0.717, 1.165) is 17.0 Å². The first-order valence-corrected chi connectivity index (χ1v) is 8.27. The van der Waals surface area contributed by atoms with Gasteiger partial charge in [0.25, 0.3) is 0 Å². The summed E-state index contributed by atoms with van der Waals surface area (Å²) in [4.78, 5) is 18.9. The van der Waals surface area contributed by atoms with Crippen molar-refractivity contribution in [1.29, 1.82) is 0 Å². The van der Waals surface area contributed by atoms with Gasteiger partial charge in [0.1, 0.15) is 6.10 Å². The molecule has 2 aromatic rings. The fourth-order valence-corrected chi connectivity index (χ4v) is 2.96. The number of morpholine rings is 1. The van der Waals surface area contributed by atoms with Gasteiger partial charge in [-0.3, -0.25) is 9.78 Å². The van der Waals surface area contributed by atoms with Crippen molar-refractivity contribution in [1.82, 2.24) is 9.88 Å². The van der Waals surface area contributed by atoms with E-state index >= 15 is 0 Å². The van der Waals surface area contributed by atoms with Gasteiger partial charge in [-0.05, 0) is 36.8 Å². The average molecular weight is 346 g/mol. The number of nitrogens with two attached hydrogens (primary N) is 1. The lowest BCUT2D eigenvalue weighted by Gasteiger charge is -2.33. The molecule has 1 saturated heterocycles. The number of aryl methyl sites for hydroxylation is 1. The van der Waals surface area contributed by atoms with Gasteiger partial charge in [-0.1, -0.05) is 23.7 Å². The van der Waals surface area contributed by atoms with Crippen LogP contribution in [0.3, 0.4) is 0 Å². The Kier molecular flexibility index (Phi) is 5.02. The van der Waals surface area contributed by atoms with Crippen molar-refractivity contribution in [2.24, 2.45) is 0 Å². The van der Waals surface area contributed by atoms with Gasteiger partial charge in [0.05, 0.1) is 25.3 Å². The first-order chi connectivity index (χ1) is 11.5. The zero-order valence-electron chi connectivity index (χ0n) is 13.5. The molecule has 2 heterocycles. The molecule has 126 valence electrons. The normalized spacial score (nSPS) is 17.8. The topological polar surface area (TPSA) is 68.5 Å². The van der Waals surface area contributed by atoms with Gasteiger partial charge in [-0.2, -0.15) is 0 Å². The molecule has 1 amide bonds. The number of benzene rings is 1. The minimum absolute atomic E-state index is 0.0752. The van der Waals surface area contributed by atoms with Gasteiger partial charge < -0.3 is 15.4 Å². The SMILES string of the molecule is Cc1cc(N)cc([C@@H]2CN(C(=O)Cc3ccc(Cl)cc3)CCO2)n1. The molecule has 3 rings (SSSR count). The molecule has 0 saturated carbocycles. The Balaban J connectivity index is 1.68. The lowest BCUT2D eigenvalue weighted by atomic mass is 10.1. The van der Waals surface area contributed by atoms with E-state index in [1.54, 1.807) is 12.1 Å². The van der Waals surface area contributed by atoms with Crippen LogP contribution in [0.5, 0.6) is 0 Å². The quantitative estimate of drug-likeness (QED) is 0.928. The number of anilines is 1. The smallest absolute Gasteiger partial charge is 0.227 e. The third-order valence-electron chi connectivity index (χ3n) is 4.01. The summed E-state index contributed by atoms with van der Waals surface area (Å²) >= 11 is 5.88. The van der Waals surface area contributed by atoms with Gasteiger partial charge >= 0.3 is 0 Å². The second-order valence-electron chi connectivity index (χ2n) is 5.97. The first-order valence-electron chi connectivity index (χ1n) is 7.89. The summed E-state index contributed by atoms with van der Waals surface area (Å²) in [6.07, 6.45) is 0.114. The molecule has 0 aliphatic carbocycles. The van der Waals surface area contributed by atoms with E-state index in [-0.39, 0.29) is 12.0 Å². The zero-order valence-corrected chi connectivity index (χ0v) is 14.3. The highest BCUT2D eigenvalue weighted by atomic mass is 35.5. The molecular formula is C18H20ClN3O2. The number of pyridine rings is 1. The Labute approximate surface area is 146 Å². The van der Waals surface area contributed by atoms with E-state index < -0.39 is 0 Å². The number of nitrogens with zero attached hydrogens (tertiary/aromatic N) is 2. The van der Waals surface area contributed by atoms with Crippen LogP contribution in [-0.2, 0) is 16.0 Å². The monoisotopic (exact) mass is 345 g/mol. The molecule has 6 heteroatoms. The highest BCUT2D eigenvalue weighted by Gasteiger charge is 2.26. The van der Waals surface area contributed by atoms with Crippen LogP contribution in [0, 0.1) is 6.92 Å². The van der Waals surface area contributed by atoms with Crippen LogP contribution >= 0.6 is 11.6 Å². The second-order valence-corrected chi connectivity index (χ2v) is 6.41. The van der Waals surface area contributed by atoms with Gasteiger partial charge in [0.2, 0.25) is 5.91 Å². The Bertz CT molecular complexity index is 713. The fourth-order valence-electron chi connectivity index (χ4n) is 2.83. The Morgan fingerprint density at radius 1 is 1.38 bits per heavy atom. The maximum Gasteiger partial charge on any atom is 0.227 e. The fraction of sp³-hybridized carbons (Fsp3) is 0.333. The Morgan fingerprint density at radius 3 is 2.83 bits per heavy atom. The van der Waals surface area contributed by atoms with Crippen LogP contribution in [0.1, 0.15) is 23.1 Å². The molecule has 2 N–H and O–H groups in total. The van der Waals surface area contributed by atoms with Crippen molar-refractivity contribution in [2.75, 3.05) is 25.4 Å². The van der Waals surface area contributed by atoms with Gasteiger partial charge in [0, 0.05) is 22.9 Å². The molecule has 1 aromatic heterocycles. The molecule has 0 radical (unpaired) electrons. The van der Waals surface area contributed by atoms with Gasteiger partial charge in [-0.25, -0.2) is 0 Å². The summed E-state index contributed by atoms with van der Waals surface area (Å²) in [5.74, 6) is 0.0752. The van der Waals surface area contributed by atoms with E-state index in [9.17, 15) is 4.79 Å². The van der Waals surface area contributed by atoms with Crippen molar-refractivity contribution in [3.8, 4) is 0 Å². The van der Waals surface area contributed by atoms with Crippen LogP contribution in [-0.4, -0.2) is 35.5 Å². The van der Waals surface area contributed by atoms with Gasteiger partial charge in [-0.15, -0.1) is 0 Å². The number of ether oxygens (including phenoxy) is 1. The third-order valence-corrected chi connectivity index (χ3v) is 4.27. The van der Waals surface area contributed by atoms with Crippen molar-refractivity contribution >= 4 is 23.2 Å². The van der Waals surface area contributed by atoms with Crippen LogP contribution in [0.25, 0.3) is 0 Å². The van der Waals surface area contributed by atoms with E-state index in [1.807, 2.05) is 36.1 Å². The number of aromatic nitrogens is 1. The number of carbonyl (C=O) groups excluding carboxylic acids is 1. The summed E-state index contributed by atoms with van der Waals surface area (Å²) in [6, 6.07) is 11.0. The standard InChI is InChI=1S/C18H20ClN3O2/c1-12-8-15(20)10-16(21-12)17-11-22(6-7-24-17)18(23)9-13-2-4-14(19)5-3-13/h2-5,8,10,17H,6-7,9,11H2,1H3,(H2,20,21)/t17-/m0/s1. The molecule has 5 nitrogen and oxygen atoms in total. The predicted octanol–water partition coefficient (Wildman–Crippen LogP) is 2.77. The number of halogens is 1. The summed E-state index contributed by atoms with van der Waals surface area (Å²) in [5.41, 5.74) is 9.12. The number of nitrogen functional groups attached to an aromatic ring is 1. The van der Waals surface area contributed by atoms with E-state index in [1.165, 1.54) is 0 Å². The highest BCUT2D eigenvalue weighted by Crippen LogP contribution is 2.23. The average Bonchev–Trinajstić information content (AvgIpc) is 2.56. The van der Waals surface area contributed by atoms with Crippen molar-refractivity contribution in [2.45, 2.75) is 19.4 Å². The molecule has 1 atom stereocenters. The van der Waals surface area contributed by atoms with Crippen LogP contribution in [0.15, 0.2) is 36.4 Å². The molecule has 0 unspecified atom stereocenters. The minimum Gasteiger partial charge on any atom is -0.399 e. The summed E-state index contributed by atoms with van der Waals surface area (Å²) in [5, 5.41) is 0.667. The number of hydrogen-bond acceptors (Lipinski definition) is 4. The van der Waals surface area contributed by atoms with Crippen LogP contribution in [0.2, 0.25) is 5.02 Å². The molecule has 24 heavy (non-hydrogen) atoms. The second kappa shape index (κ2) is 7.20. The molecular weight excluding hydrogens is 326 g/mol. The maximum absolute atomic E-state index is 12.6. The van der Waals surface area contributed by atoms with E-state index in [0.29, 0.717) is 36.8 Å². The minimum atomic E-state index is -0.241. The third kappa shape index (κ3) is 4.04. The highest BCUT2D eigenvalue weighted by molar-refractivity contribution is 6.30. The summed E-state index contributed by atoms with van der Waals surface area (Å²) < 4.78 is 5.79. The lowest BCUT2D eigenvalue weighted by Crippen LogP contribution is -2.43. The molecule has 1 aromatic carbocycles. The molecule has 0 bridgehead atoms. The Hall–Kier alpha value is -2.11. The summed E-state index contributed by atoms with van der Waals surface area (Å²) in [7, 11) is 0. The maximum atomic E-state index is 12.6. The van der Waals surface area contributed by atoms with Crippen LogP contribution in [0.4, 0.5) is 5.69 Å².